The molecule has 36 heavy (non-hydrogen) atoms. The summed E-state index contributed by atoms with van der Waals surface area (Å²) >= 11 is 8.27. The number of aliphatic imine (C=N–C) groups is 1. The number of hydrogen-bond donors (Lipinski definition) is 2. The minimum absolute atomic E-state index is 0.0414. The van der Waals surface area contributed by atoms with Crippen molar-refractivity contribution in [1.29, 1.82) is 0 Å². The van der Waals surface area contributed by atoms with Gasteiger partial charge in [0, 0.05) is 62.6 Å². The fourth-order valence-electron chi connectivity index (χ4n) is 5.25. The summed E-state index contributed by atoms with van der Waals surface area (Å²) in [7, 11) is 3.49. The summed E-state index contributed by atoms with van der Waals surface area (Å²) in [5.41, 5.74) is 3.18. The van der Waals surface area contributed by atoms with Crippen LogP contribution >= 0.6 is 23.4 Å². The first kappa shape index (κ1) is 25.9. The van der Waals surface area contributed by atoms with E-state index >= 15 is 0 Å². The van der Waals surface area contributed by atoms with Crippen LogP contribution in [0.3, 0.4) is 0 Å². The molecule has 2 fully saturated rings. The number of carbonyl (C=O) groups is 1. The van der Waals surface area contributed by atoms with E-state index in [0.29, 0.717) is 6.04 Å². The van der Waals surface area contributed by atoms with Gasteiger partial charge in [-0.2, -0.15) is 0 Å². The van der Waals surface area contributed by atoms with E-state index in [1.807, 2.05) is 23.9 Å². The lowest BCUT2D eigenvalue weighted by Crippen LogP contribution is -2.41. The van der Waals surface area contributed by atoms with E-state index in [-0.39, 0.29) is 17.9 Å². The molecule has 2 N–H and O–H groups in total. The van der Waals surface area contributed by atoms with Crippen molar-refractivity contribution in [3.05, 3.63) is 28.9 Å². The molecule has 3 aliphatic rings. The summed E-state index contributed by atoms with van der Waals surface area (Å²) in [5, 5.41) is 8.05. The number of ether oxygens (including phenoxy) is 1. The van der Waals surface area contributed by atoms with E-state index in [1.165, 1.54) is 5.06 Å². The average molecular weight is 534 g/mol. The molecule has 0 aliphatic carbocycles. The smallest absolute Gasteiger partial charge is 0.329 e. The Morgan fingerprint density at radius 1 is 1.31 bits per heavy atom. The van der Waals surface area contributed by atoms with Gasteiger partial charge in [-0.25, -0.2) is 0 Å². The molecule has 5 rings (SSSR count). The second-order valence-corrected chi connectivity index (χ2v) is 11.6. The van der Waals surface area contributed by atoms with Crippen LogP contribution in [0.1, 0.15) is 37.8 Å². The molecule has 2 aromatic rings. The number of rotatable bonds is 8. The molecule has 2 saturated heterocycles. The van der Waals surface area contributed by atoms with Crippen LogP contribution in [0.15, 0.2) is 23.2 Å². The van der Waals surface area contributed by atoms with Gasteiger partial charge in [-0.15, -0.1) is 16.8 Å². The lowest BCUT2D eigenvalue weighted by molar-refractivity contribution is -0.185. The molecule has 3 aliphatic heterocycles. The molecule has 1 aromatic carbocycles. The average Bonchev–Trinajstić information content (AvgIpc) is 3.50. The zero-order chi connectivity index (χ0) is 25.1. The third kappa shape index (κ3) is 6.37. The van der Waals surface area contributed by atoms with Crippen molar-refractivity contribution >= 4 is 51.0 Å². The highest BCUT2D eigenvalue weighted by atomic mass is 35.5. The lowest BCUT2D eigenvalue weighted by atomic mass is 9.98. The zero-order valence-electron chi connectivity index (χ0n) is 21.1. The Hall–Kier alpha value is -1.78. The van der Waals surface area contributed by atoms with Gasteiger partial charge in [-0.05, 0) is 56.8 Å². The summed E-state index contributed by atoms with van der Waals surface area (Å²) in [6.07, 6.45) is 4.93. The van der Waals surface area contributed by atoms with Crippen molar-refractivity contribution in [1.82, 2.24) is 14.9 Å². The molecule has 0 amide bonds. The highest BCUT2D eigenvalue weighted by Gasteiger charge is 2.29. The van der Waals surface area contributed by atoms with Crippen molar-refractivity contribution in [2.75, 3.05) is 58.0 Å². The van der Waals surface area contributed by atoms with Crippen LogP contribution in [-0.4, -0.2) is 90.7 Å². The monoisotopic (exact) mass is 533 g/mol. The summed E-state index contributed by atoms with van der Waals surface area (Å²) in [5.74, 6) is 0.824. The van der Waals surface area contributed by atoms with Crippen LogP contribution in [0.4, 0.5) is 5.69 Å². The number of piperidine rings is 1. The molecule has 2 atom stereocenters. The first-order chi connectivity index (χ1) is 17.4. The molecule has 0 radical (unpaired) electrons. The van der Waals surface area contributed by atoms with E-state index in [9.17, 15) is 4.79 Å². The second kappa shape index (κ2) is 11.7. The third-order valence-electron chi connectivity index (χ3n) is 7.11. The molecule has 0 spiro atoms. The van der Waals surface area contributed by atoms with Crippen LogP contribution in [0, 0.1) is 5.92 Å². The predicted octanol–water partition coefficient (Wildman–Crippen LogP) is 4.40. The number of thioether (sulfide) groups is 1. The van der Waals surface area contributed by atoms with Crippen molar-refractivity contribution in [2.45, 2.75) is 44.2 Å². The van der Waals surface area contributed by atoms with E-state index in [2.05, 4.69) is 21.3 Å². The van der Waals surface area contributed by atoms with E-state index in [4.69, 9.17) is 26.2 Å². The Morgan fingerprint density at radius 3 is 2.94 bits per heavy atom. The maximum Gasteiger partial charge on any atom is 0.329 e. The number of H-pyrrole nitrogens is 1. The van der Waals surface area contributed by atoms with Gasteiger partial charge in [0.15, 0.2) is 0 Å². The fourth-order valence-corrected chi connectivity index (χ4v) is 6.55. The molecule has 1 aromatic heterocycles. The zero-order valence-corrected chi connectivity index (χ0v) is 22.7. The summed E-state index contributed by atoms with van der Waals surface area (Å²) < 4.78 is 5.50. The van der Waals surface area contributed by atoms with Gasteiger partial charge in [0.05, 0.1) is 28.9 Å². The quantitative estimate of drug-likeness (QED) is 0.487. The standard InChI is InChI=1S/C26H36ClN5O3S/c1-31(2)35-26(33)17-4-3-8-32(15-17)9-5-21-16-36-25(29-21)23-13-18-12-19(27)14-22(24(18)30-23)28-20-6-10-34-11-7-20/h12-14,17,20-21,28,30H,3-11,15-16H2,1-2H3/t17-,21+/m0/s1. The minimum atomic E-state index is -0.119. The maximum atomic E-state index is 12.3. The van der Waals surface area contributed by atoms with E-state index in [1.54, 1.807) is 14.1 Å². The highest BCUT2D eigenvalue weighted by molar-refractivity contribution is 8.14. The number of likely N-dealkylation sites (tertiary alicyclic amines) is 1. The van der Waals surface area contributed by atoms with Crippen molar-refractivity contribution < 1.29 is 14.4 Å². The van der Waals surface area contributed by atoms with Gasteiger partial charge in [-0.3, -0.25) is 9.79 Å². The minimum Gasteiger partial charge on any atom is -0.381 e. The number of nitrogens with zero attached hydrogens (tertiary/aromatic N) is 3. The summed E-state index contributed by atoms with van der Waals surface area (Å²) in [6.45, 7) is 4.35. The van der Waals surface area contributed by atoms with Gasteiger partial charge in [0.2, 0.25) is 0 Å². The molecule has 0 saturated carbocycles. The number of fused-ring (bicyclic) bond motifs is 1. The first-order valence-corrected chi connectivity index (χ1v) is 14.3. The number of aromatic nitrogens is 1. The Bertz CT molecular complexity index is 1100. The van der Waals surface area contributed by atoms with Gasteiger partial charge >= 0.3 is 5.97 Å². The number of carbonyl (C=O) groups excluding carboxylic acids is 1. The molecular formula is C26H36ClN5O3S. The number of hydroxylamine groups is 2. The largest absolute Gasteiger partial charge is 0.381 e. The SMILES string of the molecule is CN(C)OC(=O)[C@H]1CCCN(CC[C@@H]2CSC(c3cc4cc(Cl)cc(NC5CCOCC5)c4[nH]3)=N2)C1. The van der Waals surface area contributed by atoms with Gasteiger partial charge in [-0.1, -0.05) is 11.6 Å². The van der Waals surface area contributed by atoms with Gasteiger partial charge in [0.1, 0.15) is 5.04 Å². The van der Waals surface area contributed by atoms with Crippen molar-refractivity contribution in [3.63, 3.8) is 0 Å². The van der Waals surface area contributed by atoms with Gasteiger partial charge < -0.3 is 24.8 Å². The fraction of sp³-hybridized carbons (Fsp3) is 0.615. The number of nitrogens with one attached hydrogen (secondary N) is 2. The molecule has 196 valence electrons. The Balaban J connectivity index is 1.21. The molecule has 4 heterocycles. The predicted molar refractivity (Wildman–Crippen MR) is 147 cm³/mol. The first-order valence-electron chi connectivity index (χ1n) is 12.9. The Kier molecular flexibility index (Phi) is 8.42. The van der Waals surface area contributed by atoms with Gasteiger partial charge in [0.25, 0.3) is 0 Å². The Morgan fingerprint density at radius 2 is 2.14 bits per heavy atom. The number of benzene rings is 1. The van der Waals surface area contributed by atoms with Crippen LogP contribution in [-0.2, 0) is 14.4 Å². The molecule has 10 heteroatoms. The summed E-state index contributed by atoms with van der Waals surface area (Å²) in [4.78, 5) is 28.6. The van der Waals surface area contributed by atoms with E-state index in [0.717, 1.165) is 103 Å². The van der Waals surface area contributed by atoms with Crippen LogP contribution < -0.4 is 5.32 Å². The van der Waals surface area contributed by atoms with E-state index < -0.39 is 0 Å². The number of aromatic amines is 1. The van der Waals surface area contributed by atoms with Crippen LogP contribution in [0.5, 0.6) is 0 Å². The van der Waals surface area contributed by atoms with Crippen molar-refractivity contribution in [3.8, 4) is 0 Å². The normalized spacial score (nSPS) is 23.8. The number of halogens is 1. The molecule has 0 unspecified atom stereocenters. The van der Waals surface area contributed by atoms with Crippen LogP contribution in [0.25, 0.3) is 10.9 Å². The molecule has 0 bridgehead atoms. The Labute approximate surface area is 222 Å². The topological polar surface area (TPSA) is 82.2 Å². The number of hydrogen-bond acceptors (Lipinski definition) is 8. The summed E-state index contributed by atoms with van der Waals surface area (Å²) in [6, 6.07) is 6.86. The van der Waals surface area contributed by atoms with Crippen molar-refractivity contribution in [2.24, 2.45) is 10.9 Å². The van der Waals surface area contributed by atoms with Crippen LogP contribution in [0.2, 0.25) is 5.02 Å². The molecule has 8 nitrogen and oxygen atoms in total. The molecular weight excluding hydrogens is 498 g/mol. The third-order valence-corrected chi connectivity index (χ3v) is 8.48. The number of anilines is 1. The second-order valence-electron chi connectivity index (χ2n) is 10.2. The lowest BCUT2D eigenvalue weighted by Gasteiger charge is -2.32. The highest BCUT2D eigenvalue weighted by Crippen LogP contribution is 2.33. The maximum absolute atomic E-state index is 12.3.